The lowest BCUT2D eigenvalue weighted by Crippen LogP contribution is -2.37. The number of halogens is 1. The molecule has 6 nitrogen and oxygen atoms in total. The molecule has 0 atom stereocenters. The van der Waals surface area contributed by atoms with E-state index >= 15 is 0 Å². The molecule has 2 rings (SSSR count). The van der Waals surface area contributed by atoms with Crippen LogP contribution in [-0.4, -0.2) is 47.9 Å². The second-order valence-electron chi connectivity index (χ2n) is 4.51. The van der Waals surface area contributed by atoms with Crippen LogP contribution in [-0.2, 0) is 4.79 Å². The summed E-state index contributed by atoms with van der Waals surface area (Å²) >= 11 is 3.33. The number of rotatable bonds is 3. The molecular weight excluding hydrogens is 324 g/mol. The summed E-state index contributed by atoms with van der Waals surface area (Å²) in [6.07, 6.45) is 2.40. The summed E-state index contributed by atoms with van der Waals surface area (Å²) in [5, 5.41) is 5.83. The van der Waals surface area contributed by atoms with Gasteiger partial charge in [0, 0.05) is 30.3 Å². The fraction of sp³-hybridized carbons (Fsp3) is 0.462. The van der Waals surface area contributed by atoms with Gasteiger partial charge in [0.1, 0.15) is 5.82 Å². The number of carbonyl (C=O) groups excluding carboxylic acids is 2. The minimum Gasteiger partial charge on any atom is -0.370 e. The molecular formula is C13H17BrN4O2. The number of carbonyl (C=O) groups is 2. The van der Waals surface area contributed by atoms with Gasteiger partial charge in [-0.3, -0.25) is 9.59 Å². The lowest BCUT2D eigenvalue weighted by molar-refractivity contribution is -0.121. The van der Waals surface area contributed by atoms with Gasteiger partial charge in [-0.15, -0.1) is 0 Å². The molecule has 0 saturated carbocycles. The molecule has 0 spiro atoms. The van der Waals surface area contributed by atoms with Gasteiger partial charge in [-0.05, 0) is 35.3 Å². The van der Waals surface area contributed by atoms with E-state index in [1.165, 1.54) is 0 Å². The third-order valence-electron chi connectivity index (χ3n) is 2.98. The number of hydrogen-bond acceptors (Lipinski definition) is 4. The van der Waals surface area contributed by atoms with Gasteiger partial charge in [0.2, 0.25) is 5.91 Å². The van der Waals surface area contributed by atoms with E-state index in [2.05, 4.69) is 31.5 Å². The van der Waals surface area contributed by atoms with E-state index in [1.807, 2.05) is 6.92 Å². The zero-order chi connectivity index (χ0) is 14.5. The molecule has 108 valence electrons. The molecule has 2 heterocycles. The Hall–Kier alpha value is -1.63. The molecule has 2 N–H and O–H groups in total. The summed E-state index contributed by atoms with van der Waals surface area (Å²) in [6.45, 7) is 3.89. The van der Waals surface area contributed by atoms with Crippen molar-refractivity contribution in [3.8, 4) is 0 Å². The number of amides is 2. The molecule has 1 aliphatic heterocycles. The normalized spacial score (nSPS) is 15.5. The molecule has 0 radical (unpaired) electrons. The van der Waals surface area contributed by atoms with Crippen molar-refractivity contribution < 1.29 is 9.59 Å². The van der Waals surface area contributed by atoms with Gasteiger partial charge < -0.3 is 15.5 Å². The van der Waals surface area contributed by atoms with E-state index in [4.69, 9.17) is 0 Å². The number of nitrogens with one attached hydrogen (secondary N) is 2. The zero-order valence-electron chi connectivity index (χ0n) is 11.3. The summed E-state index contributed by atoms with van der Waals surface area (Å²) in [5.41, 5.74) is 0.482. The molecule has 0 aromatic carbocycles. The van der Waals surface area contributed by atoms with Crippen molar-refractivity contribution in [2.75, 3.05) is 31.5 Å². The molecule has 1 fully saturated rings. The minimum absolute atomic E-state index is 0.0942. The Morgan fingerprint density at radius 1 is 1.60 bits per heavy atom. The highest BCUT2D eigenvalue weighted by Gasteiger charge is 2.23. The number of pyridine rings is 1. The maximum Gasteiger partial charge on any atom is 0.258 e. The predicted molar refractivity (Wildman–Crippen MR) is 79.6 cm³/mol. The van der Waals surface area contributed by atoms with Crippen LogP contribution in [0.1, 0.15) is 23.7 Å². The average Bonchev–Trinajstić information content (AvgIpc) is 2.65. The van der Waals surface area contributed by atoms with Crippen LogP contribution in [0.5, 0.6) is 0 Å². The summed E-state index contributed by atoms with van der Waals surface area (Å²) in [6, 6.07) is 1.73. The van der Waals surface area contributed by atoms with E-state index in [0.717, 1.165) is 10.9 Å². The van der Waals surface area contributed by atoms with Crippen LogP contribution in [0.15, 0.2) is 16.7 Å². The van der Waals surface area contributed by atoms with Gasteiger partial charge in [-0.1, -0.05) is 0 Å². The van der Waals surface area contributed by atoms with E-state index < -0.39 is 0 Å². The summed E-state index contributed by atoms with van der Waals surface area (Å²) in [5.74, 6) is 0.251. The average molecular weight is 341 g/mol. The van der Waals surface area contributed by atoms with E-state index in [0.29, 0.717) is 31.0 Å². The van der Waals surface area contributed by atoms with Gasteiger partial charge in [0.15, 0.2) is 0 Å². The van der Waals surface area contributed by atoms with Crippen molar-refractivity contribution in [3.63, 3.8) is 0 Å². The van der Waals surface area contributed by atoms with Crippen molar-refractivity contribution in [2.45, 2.75) is 13.3 Å². The largest absolute Gasteiger partial charge is 0.370 e. The summed E-state index contributed by atoms with van der Waals surface area (Å²) in [4.78, 5) is 29.9. The maximum atomic E-state index is 12.6. The summed E-state index contributed by atoms with van der Waals surface area (Å²) in [7, 11) is 0. The van der Waals surface area contributed by atoms with Crippen LogP contribution in [0.2, 0.25) is 0 Å². The van der Waals surface area contributed by atoms with Gasteiger partial charge >= 0.3 is 0 Å². The van der Waals surface area contributed by atoms with E-state index in [1.54, 1.807) is 17.2 Å². The Kier molecular flexibility index (Phi) is 4.94. The molecule has 0 unspecified atom stereocenters. The topological polar surface area (TPSA) is 74.3 Å². The predicted octanol–water partition coefficient (Wildman–Crippen LogP) is 1.24. The smallest absolute Gasteiger partial charge is 0.258 e. The Bertz CT molecular complexity index is 521. The second-order valence-corrected chi connectivity index (χ2v) is 5.43. The van der Waals surface area contributed by atoms with Crippen LogP contribution < -0.4 is 10.6 Å². The molecule has 0 bridgehead atoms. The molecule has 2 amide bonds. The van der Waals surface area contributed by atoms with Gasteiger partial charge in [-0.25, -0.2) is 4.98 Å². The number of nitrogens with zero attached hydrogens (tertiary/aromatic N) is 2. The first-order chi connectivity index (χ1) is 9.61. The highest BCUT2D eigenvalue weighted by molar-refractivity contribution is 9.10. The van der Waals surface area contributed by atoms with Crippen molar-refractivity contribution in [1.29, 1.82) is 0 Å². The fourth-order valence-electron chi connectivity index (χ4n) is 2.06. The van der Waals surface area contributed by atoms with E-state index in [-0.39, 0.29) is 18.4 Å². The SMILES string of the molecule is CCNc1ncc(Br)cc1C(=O)N1CCCNC(=O)C1. The zero-order valence-corrected chi connectivity index (χ0v) is 12.9. The number of hydrogen-bond donors (Lipinski definition) is 2. The van der Waals surface area contributed by atoms with Crippen LogP contribution in [0.3, 0.4) is 0 Å². The first-order valence-corrected chi connectivity index (χ1v) is 7.36. The lowest BCUT2D eigenvalue weighted by atomic mass is 10.2. The van der Waals surface area contributed by atoms with E-state index in [9.17, 15) is 9.59 Å². The van der Waals surface area contributed by atoms with Gasteiger partial charge in [-0.2, -0.15) is 0 Å². The highest BCUT2D eigenvalue weighted by atomic mass is 79.9. The molecule has 0 aliphatic carbocycles. The van der Waals surface area contributed by atoms with Crippen molar-refractivity contribution >= 4 is 33.6 Å². The first-order valence-electron chi connectivity index (χ1n) is 6.57. The Balaban J connectivity index is 2.26. The Morgan fingerprint density at radius 3 is 3.15 bits per heavy atom. The van der Waals surface area contributed by atoms with Crippen LogP contribution >= 0.6 is 15.9 Å². The van der Waals surface area contributed by atoms with Crippen LogP contribution in [0.25, 0.3) is 0 Å². The Labute approximate surface area is 126 Å². The van der Waals surface area contributed by atoms with Crippen LogP contribution in [0.4, 0.5) is 5.82 Å². The Morgan fingerprint density at radius 2 is 2.40 bits per heavy atom. The summed E-state index contributed by atoms with van der Waals surface area (Å²) < 4.78 is 0.738. The second kappa shape index (κ2) is 6.69. The number of anilines is 1. The molecule has 1 aromatic heterocycles. The van der Waals surface area contributed by atoms with Crippen molar-refractivity contribution in [1.82, 2.24) is 15.2 Å². The molecule has 20 heavy (non-hydrogen) atoms. The minimum atomic E-state index is -0.174. The number of aromatic nitrogens is 1. The third-order valence-corrected chi connectivity index (χ3v) is 3.41. The fourth-order valence-corrected chi connectivity index (χ4v) is 2.39. The molecule has 1 aromatic rings. The molecule has 1 aliphatic rings. The molecule has 1 saturated heterocycles. The maximum absolute atomic E-state index is 12.6. The third kappa shape index (κ3) is 3.47. The highest BCUT2D eigenvalue weighted by Crippen LogP contribution is 2.20. The molecule has 7 heteroatoms. The van der Waals surface area contributed by atoms with Gasteiger partial charge in [0.25, 0.3) is 5.91 Å². The lowest BCUT2D eigenvalue weighted by Gasteiger charge is -2.20. The van der Waals surface area contributed by atoms with Crippen molar-refractivity contribution in [2.24, 2.45) is 0 Å². The van der Waals surface area contributed by atoms with Gasteiger partial charge in [0.05, 0.1) is 12.1 Å². The standard InChI is InChI=1S/C13H17BrN4O2/c1-2-15-12-10(6-9(14)7-17-12)13(20)18-5-3-4-16-11(19)8-18/h6-7H,2-5,8H2,1H3,(H,15,17)(H,16,19). The monoisotopic (exact) mass is 340 g/mol. The van der Waals surface area contributed by atoms with Crippen LogP contribution in [0, 0.1) is 0 Å². The first kappa shape index (κ1) is 14.8. The van der Waals surface area contributed by atoms with Crippen molar-refractivity contribution in [3.05, 3.63) is 22.3 Å². The quantitative estimate of drug-likeness (QED) is 0.868.